The second-order valence-electron chi connectivity index (χ2n) is 13.2. The summed E-state index contributed by atoms with van der Waals surface area (Å²) in [7, 11) is -1.13. The van der Waals surface area contributed by atoms with E-state index in [-0.39, 0.29) is 11.8 Å². The third-order valence-corrected chi connectivity index (χ3v) is 12.4. The van der Waals surface area contributed by atoms with E-state index in [1.165, 1.54) is 7.11 Å². The van der Waals surface area contributed by atoms with Crippen molar-refractivity contribution in [2.45, 2.75) is 69.4 Å². The molecule has 2 saturated carbocycles. The molecule has 0 saturated heterocycles. The summed E-state index contributed by atoms with van der Waals surface area (Å²) in [6, 6.07) is 38.1. The monoisotopic (exact) mass is 708 g/mol. The number of halogens is 3. The number of hydrogen-bond donors (Lipinski definition) is 0. The molecule has 51 heavy (non-hydrogen) atoms. The van der Waals surface area contributed by atoms with Crippen molar-refractivity contribution in [2.75, 3.05) is 7.11 Å². The molecule has 5 aromatic carbocycles. The molecule has 0 radical (unpaired) electrons. The Balaban J connectivity index is 1.41. The predicted molar refractivity (Wildman–Crippen MR) is 200 cm³/mol. The van der Waals surface area contributed by atoms with Crippen LogP contribution in [0.5, 0.6) is 23.0 Å². The minimum Gasteiger partial charge on any atom is -0.496 e. The fourth-order valence-corrected chi connectivity index (χ4v) is 10.2. The zero-order valence-electron chi connectivity index (χ0n) is 28.7. The smallest absolute Gasteiger partial charge is 0.496 e. The number of methoxy groups -OCH3 is 1. The van der Waals surface area contributed by atoms with Gasteiger partial charge in [-0.1, -0.05) is 111 Å². The highest BCUT2D eigenvalue weighted by molar-refractivity contribution is 7.80. The van der Waals surface area contributed by atoms with Crippen LogP contribution in [0.1, 0.15) is 79.9 Å². The Morgan fingerprint density at radius 3 is 1.67 bits per heavy atom. The lowest BCUT2D eigenvalue weighted by Crippen LogP contribution is -2.38. The normalized spacial score (nSPS) is 15.8. The van der Waals surface area contributed by atoms with Gasteiger partial charge in [-0.05, 0) is 92.7 Å². The number of alkyl halides is 3. The maximum absolute atomic E-state index is 15.4. The Hall–Kier alpha value is -4.42. The molecule has 9 heteroatoms. The number of hydrogen-bond acceptors (Lipinski definition) is 4. The van der Waals surface area contributed by atoms with Crippen LogP contribution < -0.4 is 34.6 Å². The first-order valence-corrected chi connectivity index (χ1v) is 19.1. The van der Waals surface area contributed by atoms with E-state index in [4.69, 9.17) is 18.7 Å². The fraction of sp³-hybridized carbons (Fsp3) is 0.286. The van der Waals surface area contributed by atoms with Crippen LogP contribution >= 0.6 is 7.92 Å². The third kappa shape index (κ3) is 7.92. The molecule has 5 aromatic rings. The number of rotatable bonds is 12. The summed E-state index contributed by atoms with van der Waals surface area (Å²) in [4.78, 5) is 0. The summed E-state index contributed by atoms with van der Waals surface area (Å²) in [5, 5.41) is 2.57. The molecule has 1 unspecified atom stereocenters. The van der Waals surface area contributed by atoms with E-state index in [0.29, 0.717) is 47.0 Å². The average Bonchev–Trinajstić information content (AvgIpc) is 3.89. The second-order valence-corrected chi connectivity index (χ2v) is 15.3. The number of ether oxygens (including phenoxy) is 1. The second kappa shape index (κ2) is 15.9. The molecule has 262 valence electrons. The van der Waals surface area contributed by atoms with Crippen LogP contribution in [0.25, 0.3) is 0 Å². The summed E-state index contributed by atoms with van der Waals surface area (Å²) in [6.07, 6.45) is 2.08. The minimum atomic E-state index is -4.51. The van der Waals surface area contributed by atoms with Gasteiger partial charge in [-0.15, -0.1) is 0 Å². The molecule has 0 spiro atoms. The quantitative estimate of drug-likeness (QED) is 0.0955. The maximum Gasteiger partial charge on any atom is 0.864 e. The van der Waals surface area contributed by atoms with E-state index < -0.39 is 27.0 Å². The lowest BCUT2D eigenvalue weighted by molar-refractivity contribution is -0.139. The number of para-hydroxylation sites is 3. The molecule has 2 aliphatic carbocycles. The van der Waals surface area contributed by atoms with Crippen molar-refractivity contribution in [3.8, 4) is 23.0 Å². The van der Waals surface area contributed by atoms with Gasteiger partial charge in [0.05, 0.1) is 12.7 Å². The molecular weight excluding hydrogens is 667 g/mol. The molecule has 0 heterocycles. The van der Waals surface area contributed by atoms with E-state index >= 15 is 13.2 Å². The highest BCUT2D eigenvalue weighted by atomic mass is 31.1. The first-order valence-electron chi connectivity index (χ1n) is 17.8. The predicted octanol–water partition coefficient (Wildman–Crippen LogP) is 10.3. The van der Waals surface area contributed by atoms with Gasteiger partial charge in [0, 0.05) is 16.2 Å². The maximum atomic E-state index is 15.4. The van der Waals surface area contributed by atoms with Gasteiger partial charge in [-0.3, -0.25) is 0 Å². The van der Waals surface area contributed by atoms with Crippen LogP contribution in [-0.2, 0) is 6.18 Å². The molecule has 2 aliphatic rings. The summed E-state index contributed by atoms with van der Waals surface area (Å²) < 4.78 is 71.5. The Kier molecular flexibility index (Phi) is 10.9. The van der Waals surface area contributed by atoms with Gasteiger partial charge in [-0.25, -0.2) is 0 Å². The van der Waals surface area contributed by atoms with E-state index in [9.17, 15) is 0 Å². The largest absolute Gasteiger partial charge is 0.864 e. The van der Waals surface area contributed by atoms with Crippen molar-refractivity contribution >= 4 is 31.2 Å². The average molecular weight is 709 g/mol. The standard InChI is InChI=1S/C42H41BF3O4P/c1-47-41-38(29-35(30-17-11-12-18-30)40(42(44,45)46)39(41)31-19-13-14-20-31)51(34-25-9-4-10-26-34)37-28-16-15-27-36(37)50-43(48-32-21-5-2-6-22-32)49-33-23-7-3-8-24-33/h2-10,15-16,21-31H,11-14,17-20H2,1H3. The van der Waals surface area contributed by atoms with Crippen LogP contribution in [0.2, 0.25) is 0 Å². The lowest BCUT2D eigenvalue weighted by atomic mass is 9.83. The van der Waals surface area contributed by atoms with Crippen LogP contribution in [0, 0.1) is 0 Å². The van der Waals surface area contributed by atoms with Crippen molar-refractivity contribution in [2.24, 2.45) is 0 Å². The molecular formula is C42H41BF3O4P. The van der Waals surface area contributed by atoms with E-state index in [1.807, 2.05) is 121 Å². The van der Waals surface area contributed by atoms with E-state index in [2.05, 4.69) is 0 Å². The molecule has 2 fully saturated rings. The molecule has 0 amide bonds. The Bertz CT molecular complexity index is 1840. The molecule has 4 nitrogen and oxygen atoms in total. The highest BCUT2D eigenvalue weighted by Crippen LogP contribution is 2.53. The van der Waals surface area contributed by atoms with Gasteiger partial charge in [0.15, 0.2) is 0 Å². The Morgan fingerprint density at radius 1 is 0.608 bits per heavy atom. The molecule has 1 atom stereocenters. The summed E-state index contributed by atoms with van der Waals surface area (Å²) in [6.45, 7) is 0. The highest BCUT2D eigenvalue weighted by Gasteiger charge is 2.44. The van der Waals surface area contributed by atoms with Crippen molar-refractivity contribution in [1.29, 1.82) is 0 Å². The van der Waals surface area contributed by atoms with Gasteiger partial charge in [0.2, 0.25) is 0 Å². The van der Waals surface area contributed by atoms with Gasteiger partial charge in [0.25, 0.3) is 0 Å². The SMILES string of the molecule is COc1c(P(c2ccccc2)c2ccccc2OB(Oc2ccccc2)Oc2ccccc2)cc(C2CCCC2)c(C(F)(F)F)c1C1CCCC1. The van der Waals surface area contributed by atoms with Crippen molar-refractivity contribution in [3.63, 3.8) is 0 Å². The first kappa shape index (κ1) is 35.0. The summed E-state index contributed by atoms with van der Waals surface area (Å²) in [5.74, 6) is 1.60. The van der Waals surface area contributed by atoms with Crippen LogP contribution in [-0.4, -0.2) is 14.4 Å². The summed E-state index contributed by atoms with van der Waals surface area (Å²) in [5.41, 5.74) is 0.278. The molecule has 0 aromatic heterocycles. The fourth-order valence-electron chi connectivity index (χ4n) is 7.67. The van der Waals surface area contributed by atoms with Crippen LogP contribution in [0.15, 0.2) is 121 Å². The minimum absolute atomic E-state index is 0.159. The molecule has 0 aliphatic heterocycles. The van der Waals surface area contributed by atoms with Crippen molar-refractivity contribution in [3.05, 3.63) is 138 Å². The zero-order valence-corrected chi connectivity index (χ0v) is 29.5. The molecule has 0 bridgehead atoms. The van der Waals surface area contributed by atoms with Crippen LogP contribution in [0.3, 0.4) is 0 Å². The molecule has 0 N–H and O–H groups in total. The molecule has 7 rings (SSSR count). The van der Waals surface area contributed by atoms with Gasteiger partial charge < -0.3 is 18.7 Å². The van der Waals surface area contributed by atoms with Gasteiger partial charge in [0.1, 0.15) is 23.0 Å². The number of benzene rings is 5. The lowest BCUT2D eigenvalue weighted by Gasteiger charge is -2.31. The van der Waals surface area contributed by atoms with E-state index in [1.54, 1.807) is 0 Å². The third-order valence-electron chi connectivity index (χ3n) is 9.91. The Morgan fingerprint density at radius 2 is 1.12 bits per heavy atom. The topological polar surface area (TPSA) is 36.9 Å². The first-order chi connectivity index (χ1) is 24.9. The summed E-state index contributed by atoms with van der Waals surface area (Å²) >= 11 is 0. The Labute approximate surface area is 299 Å². The van der Waals surface area contributed by atoms with Gasteiger partial charge >= 0.3 is 13.5 Å². The van der Waals surface area contributed by atoms with Gasteiger partial charge in [-0.2, -0.15) is 13.2 Å². The van der Waals surface area contributed by atoms with Crippen molar-refractivity contribution in [1.82, 2.24) is 0 Å². The van der Waals surface area contributed by atoms with E-state index in [0.717, 1.165) is 54.4 Å². The zero-order chi connectivity index (χ0) is 35.2. The van der Waals surface area contributed by atoms with Crippen LogP contribution in [0.4, 0.5) is 13.2 Å². The van der Waals surface area contributed by atoms with Crippen molar-refractivity contribution < 1.29 is 31.9 Å².